The molecule has 3 aromatic rings. The molecule has 0 spiro atoms. The van der Waals surface area contributed by atoms with E-state index < -0.39 is 29.7 Å². The van der Waals surface area contributed by atoms with Gasteiger partial charge in [0, 0.05) is 32.2 Å². The highest BCUT2D eigenvalue weighted by Gasteiger charge is 2.25. The second-order valence-corrected chi connectivity index (χ2v) is 9.71. The summed E-state index contributed by atoms with van der Waals surface area (Å²) in [4.78, 5) is 27.9. The highest BCUT2D eigenvalue weighted by Crippen LogP contribution is 2.14. The first-order chi connectivity index (χ1) is 19.2. The molecule has 0 aliphatic rings. The van der Waals surface area contributed by atoms with Crippen LogP contribution >= 0.6 is 0 Å². The summed E-state index contributed by atoms with van der Waals surface area (Å²) < 4.78 is 28.1. The van der Waals surface area contributed by atoms with Crippen LogP contribution in [-0.4, -0.2) is 53.6 Å². The molecule has 0 saturated carbocycles. The molecule has 0 unspecified atom stereocenters. The molecule has 0 radical (unpaired) electrons. The third-order valence-electron chi connectivity index (χ3n) is 6.31. The zero-order chi connectivity index (χ0) is 29.1. The number of amides is 2. The quantitative estimate of drug-likeness (QED) is 0.209. The van der Waals surface area contributed by atoms with E-state index in [9.17, 15) is 28.7 Å². The fourth-order valence-corrected chi connectivity index (χ4v) is 4.45. The Bertz CT molecular complexity index is 1250. The average Bonchev–Trinajstić information content (AvgIpc) is 2.91. The molecule has 2 atom stereocenters. The number of nitrogens with zero attached hydrogens (tertiary/aromatic N) is 2. The van der Waals surface area contributed by atoms with E-state index in [1.165, 1.54) is 6.07 Å². The molecule has 0 aliphatic heterocycles. The van der Waals surface area contributed by atoms with Crippen molar-refractivity contribution in [3.8, 4) is 0 Å². The van der Waals surface area contributed by atoms with Crippen LogP contribution in [0.4, 0.5) is 8.78 Å². The Morgan fingerprint density at radius 3 is 2.20 bits per heavy atom. The molecule has 8 nitrogen and oxygen atoms in total. The molecule has 1 aromatic heterocycles. The van der Waals surface area contributed by atoms with Crippen molar-refractivity contribution in [3.05, 3.63) is 106 Å². The van der Waals surface area contributed by atoms with Crippen molar-refractivity contribution >= 4 is 11.8 Å². The molecule has 0 saturated heterocycles. The van der Waals surface area contributed by atoms with Crippen LogP contribution in [0.3, 0.4) is 0 Å². The number of hydrogen-bond acceptors (Lipinski definition) is 5. The van der Waals surface area contributed by atoms with Crippen molar-refractivity contribution < 1.29 is 28.2 Å². The topological polar surface area (TPSA) is 109 Å². The van der Waals surface area contributed by atoms with Crippen LogP contribution in [0, 0.1) is 16.8 Å². The lowest BCUT2D eigenvalue weighted by atomic mass is 10.00. The van der Waals surface area contributed by atoms with Gasteiger partial charge in [-0.2, -0.15) is 4.73 Å². The number of halogens is 2. The van der Waals surface area contributed by atoms with Crippen LogP contribution in [0.2, 0.25) is 0 Å². The Balaban J connectivity index is 1.80. The molecule has 2 aromatic carbocycles. The fourth-order valence-electron chi connectivity index (χ4n) is 4.45. The summed E-state index contributed by atoms with van der Waals surface area (Å²) in [6.07, 6.45) is 2.41. The number of pyridine rings is 1. The maximum Gasteiger partial charge on any atom is 0.259 e. The normalized spacial score (nSPS) is 12.5. The molecule has 3 N–H and O–H groups in total. The number of nitrogens with one attached hydrogen (secondary N) is 2. The first kappa shape index (κ1) is 30.6. The maximum atomic E-state index is 13.9. The molecule has 214 valence electrons. The molecule has 2 amide bonds. The van der Waals surface area contributed by atoms with Crippen LogP contribution < -0.4 is 15.4 Å². The van der Waals surface area contributed by atoms with Crippen LogP contribution in [0.15, 0.2) is 67.0 Å². The van der Waals surface area contributed by atoms with Crippen molar-refractivity contribution in [3.63, 3.8) is 0 Å². The molecular formula is C30H36F2N4O4. The summed E-state index contributed by atoms with van der Waals surface area (Å²) >= 11 is 0. The smallest absolute Gasteiger partial charge is 0.259 e. The molecule has 40 heavy (non-hydrogen) atoms. The third kappa shape index (κ3) is 9.10. The van der Waals surface area contributed by atoms with Crippen molar-refractivity contribution in [2.45, 2.75) is 51.8 Å². The summed E-state index contributed by atoms with van der Waals surface area (Å²) in [5.74, 6) is -2.63. The summed E-state index contributed by atoms with van der Waals surface area (Å²) in [6.45, 7) is 5.43. The zero-order valence-electron chi connectivity index (χ0n) is 22.8. The van der Waals surface area contributed by atoms with Crippen LogP contribution in [0.25, 0.3) is 0 Å². The number of rotatable bonds is 14. The van der Waals surface area contributed by atoms with E-state index in [1.54, 1.807) is 4.90 Å². The van der Waals surface area contributed by atoms with Crippen LogP contribution in [0.1, 0.15) is 58.5 Å². The molecule has 10 heteroatoms. The number of carbonyl (C=O) groups is 2. The number of carbonyl (C=O) groups excluding carboxylic acids is 2. The Hall–Kier alpha value is -3.89. The Labute approximate surface area is 233 Å². The minimum absolute atomic E-state index is 0.0679. The van der Waals surface area contributed by atoms with Gasteiger partial charge in [0.25, 0.3) is 11.8 Å². The minimum Gasteiger partial charge on any atom is -0.619 e. The van der Waals surface area contributed by atoms with Gasteiger partial charge in [-0.25, -0.2) is 8.78 Å². The Morgan fingerprint density at radius 1 is 0.950 bits per heavy atom. The van der Waals surface area contributed by atoms with Gasteiger partial charge in [0.05, 0.1) is 12.1 Å². The van der Waals surface area contributed by atoms with E-state index in [2.05, 4.69) is 10.6 Å². The van der Waals surface area contributed by atoms with Gasteiger partial charge in [0.1, 0.15) is 22.8 Å². The van der Waals surface area contributed by atoms with E-state index in [-0.39, 0.29) is 35.6 Å². The molecule has 3 rings (SSSR count). The third-order valence-corrected chi connectivity index (χ3v) is 6.31. The summed E-state index contributed by atoms with van der Waals surface area (Å²) in [5.41, 5.74) is 1.22. The number of benzene rings is 2. The predicted octanol–water partition coefficient (Wildman–Crippen LogP) is 3.35. The molecule has 0 aliphatic carbocycles. The summed E-state index contributed by atoms with van der Waals surface area (Å²) in [6, 6.07) is 12.9. The minimum atomic E-state index is -1.15. The Morgan fingerprint density at radius 2 is 1.57 bits per heavy atom. The van der Waals surface area contributed by atoms with Gasteiger partial charge in [0.2, 0.25) is 0 Å². The highest BCUT2D eigenvalue weighted by molar-refractivity contribution is 5.99. The number of hydrogen-bond donors (Lipinski definition) is 3. The lowest BCUT2D eigenvalue weighted by molar-refractivity contribution is -0.605. The van der Waals surface area contributed by atoms with Crippen LogP contribution in [0.5, 0.6) is 0 Å². The molecule has 0 bridgehead atoms. The van der Waals surface area contributed by atoms with Crippen molar-refractivity contribution in [2.75, 3.05) is 19.6 Å². The lowest BCUT2D eigenvalue weighted by Gasteiger charge is -2.25. The largest absolute Gasteiger partial charge is 0.619 e. The molecule has 0 fully saturated rings. The molecular weight excluding hydrogens is 518 g/mol. The lowest BCUT2D eigenvalue weighted by Crippen LogP contribution is -2.49. The summed E-state index contributed by atoms with van der Waals surface area (Å²) in [7, 11) is 0. The predicted molar refractivity (Wildman–Crippen MR) is 147 cm³/mol. The van der Waals surface area contributed by atoms with E-state index in [0.717, 1.165) is 49.0 Å². The highest BCUT2D eigenvalue weighted by atomic mass is 19.1. The van der Waals surface area contributed by atoms with Gasteiger partial charge < -0.3 is 25.8 Å². The van der Waals surface area contributed by atoms with Crippen molar-refractivity contribution in [1.29, 1.82) is 0 Å². The first-order valence-electron chi connectivity index (χ1n) is 13.4. The van der Waals surface area contributed by atoms with Gasteiger partial charge in [-0.15, -0.1) is 0 Å². The Kier molecular flexibility index (Phi) is 11.5. The monoisotopic (exact) mass is 554 g/mol. The number of aliphatic hydroxyl groups excluding tert-OH is 1. The SMILES string of the molecule is CCCN(CCC)C(=O)c1cc(C(=O)N[C@@H](Cc2cc(F)cc(F)c2)[C@H](O)CNCc2ccccc2)c[n+]([O-])c1. The average molecular weight is 555 g/mol. The second kappa shape index (κ2) is 15.0. The first-order valence-corrected chi connectivity index (χ1v) is 13.4. The fraction of sp³-hybridized carbons (Fsp3) is 0.367. The number of aliphatic hydroxyl groups is 1. The van der Waals surface area contributed by atoms with Gasteiger partial charge in [-0.3, -0.25) is 9.59 Å². The van der Waals surface area contributed by atoms with E-state index in [0.29, 0.717) is 24.4 Å². The zero-order valence-corrected chi connectivity index (χ0v) is 22.8. The van der Waals surface area contributed by atoms with Crippen molar-refractivity contribution in [1.82, 2.24) is 15.5 Å². The summed E-state index contributed by atoms with van der Waals surface area (Å²) in [5, 5.41) is 29.1. The van der Waals surface area contributed by atoms with E-state index >= 15 is 0 Å². The van der Waals surface area contributed by atoms with Crippen LogP contribution in [-0.2, 0) is 13.0 Å². The molecule has 1 heterocycles. The van der Waals surface area contributed by atoms with E-state index in [4.69, 9.17) is 0 Å². The standard InChI is InChI=1S/C30H36F2N4O4/c1-3-10-35(11-4-2)30(39)24-15-23(19-36(40)20-24)29(38)34-27(14-22-12-25(31)16-26(32)13-22)28(37)18-33-17-21-8-6-5-7-9-21/h5-9,12-13,15-16,19-20,27-28,33,37H,3-4,10-11,14,17-18H2,1-2H3,(H,34,38)/t27-,28+/m0/s1. The number of aromatic nitrogens is 1. The maximum absolute atomic E-state index is 13.9. The van der Waals surface area contributed by atoms with Gasteiger partial charge in [-0.05, 0) is 48.6 Å². The van der Waals surface area contributed by atoms with Gasteiger partial charge in [-0.1, -0.05) is 44.2 Å². The van der Waals surface area contributed by atoms with Gasteiger partial charge in [0.15, 0.2) is 12.4 Å². The van der Waals surface area contributed by atoms with E-state index in [1.807, 2.05) is 44.2 Å². The van der Waals surface area contributed by atoms with Gasteiger partial charge >= 0.3 is 0 Å². The van der Waals surface area contributed by atoms with Crippen molar-refractivity contribution in [2.24, 2.45) is 0 Å². The second-order valence-electron chi connectivity index (χ2n) is 9.71.